The van der Waals surface area contributed by atoms with Crippen LogP contribution in [0.15, 0.2) is 23.8 Å². The minimum absolute atomic E-state index is 0.263. The van der Waals surface area contributed by atoms with E-state index in [1.54, 1.807) is 0 Å². The molecule has 0 aliphatic heterocycles. The number of hydrogen-bond donors (Lipinski definition) is 1. The highest BCUT2D eigenvalue weighted by Crippen LogP contribution is 2.32. The number of hydrogen-bond acceptors (Lipinski definition) is 1. The van der Waals surface area contributed by atoms with E-state index in [0.29, 0.717) is 11.3 Å². The molecule has 1 aliphatic rings. The number of aliphatic hydroxyl groups is 1. The van der Waals surface area contributed by atoms with E-state index in [0.717, 1.165) is 6.42 Å². The van der Waals surface area contributed by atoms with Crippen LogP contribution in [0.25, 0.3) is 0 Å². The van der Waals surface area contributed by atoms with Crippen molar-refractivity contribution in [3.05, 3.63) is 23.8 Å². The SMILES string of the molecule is CCC(CC(C)(C)C)C1=CCC(O)C=C1. The standard InChI is InChI=1S/C14H24O/c1-5-11(10-14(2,3)4)12-6-8-13(15)9-7-12/h6-8,11,13,15H,5,9-10H2,1-4H3. The molecule has 0 heterocycles. The summed E-state index contributed by atoms with van der Waals surface area (Å²) in [5.74, 6) is 0.647. The quantitative estimate of drug-likeness (QED) is 0.750. The molecule has 2 atom stereocenters. The molecular formula is C14H24O. The van der Waals surface area contributed by atoms with Crippen molar-refractivity contribution in [3.8, 4) is 0 Å². The highest BCUT2D eigenvalue weighted by molar-refractivity contribution is 5.26. The van der Waals surface area contributed by atoms with Crippen LogP contribution in [0.2, 0.25) is 0 Å². The summed E-state index contributed by atoms with van der Waals surface area (Å²) < 4.78 is 0. The maximum absolute atomic E-state index is 9.38. The van der Waals surface area contributed by atoms with Crippen LogP contribution < -0.4 is 0 Å². The lowest BCUT2D eigenvalue weighted by Gasteiger charge is -2.27. The number of allylic oxidation sites excluding steroid dienone is 2. The van der Waals surface area contributed by atoms with Gasteiger partial charge in [-0.15, -0.1) is 0 Å². The topological polar surface area (TPSA) is 20.2 Å². The molecule has 0 aromatic heterocycles. The summed E-state index contributed by atoms with van der Waals surface area (Å²) in [6.45, 7) is 9.11. The predicted molar refractivity (Wildman–Crippen MR) is 65.7 cm³/mol. The second-order valence-electron chi connectivity index (χ2n) is 5.74. The van der Waals surface area contributed by atoms with E-state index in [2.05, 4.69) is 39.8 Å². The third kappa shape index (κ3) is 4.21. The lowest BCUT2D eigenvalue weighted by molar-refractivity contribution is 0.223. The Morgan fingerprint density at radius 3 is 2.53 bits per heavy atom. The molecule has 1 nitrogen and oxygen atoms in total. The lowest BCUT2D eigenvalue weighted by atomic mass is 9.78. The number of rotatable bonds is 3. The highest BCUT2D eigenvalue weighted by Gasteiger charge is 2.20. The van der Waals surface area contributed by atoms with Crippen molar-refractivity contribution in [3.63, 3.8) is 0 Å². The van der Waals surface area contributed by atoms with Crippen molar-refractivity contribution in [1.82, 2.24) is 0 Å². The second-order valence-corrected chi connectivity index (χ2v) is 5.74. The molecule has 0 saturated carbocycles. The molecule has 0 fully saturated rings. The molecule has 0 spiro atoms. The molecule has 1 aliphatic carbocycles. The second kappa shape index (κ2) is 4.98. The summed E-state index contributed by atoms with van der Waals surface area (Å²) >= 11 is 0. The van der Waals surface area contributed by atoms with Gasteiger partial charge in [0.1, 0.15) is 0 Å². The van der Waals surface area contributed by atoms with Crippen molar-refractivity contribution in [2.45, 2.75) is 53.1 Å². The van der Waals surface area contributed by atoms with E-state index in [1.807, 2.05) is 6.08 Å². The van der Waals surface area contributed by atoms with Gasteiger partial charge < -0.3 is 5.11 Å². The van der Waals surface area contributed by atoms with Crippen LogP contribution in [0, 0.1) is 11.3 Å². The first-order valence-electron chi connectivity index (χ1n) is 5.98. The van der Waals surface area contributed by atoms with Gasteiger partial charge in [0.2, 0.25) is 0 Å². The Kier molecular flexibility index (Phi) is 4.15. The Bertz CT molecular complexity index is 255. The van der Waals surface area contributed by atoms with Crippen LogP contribution in [0.5, 0.6) is 0 Å². The van der Waals surface area contributed by atoms with Crippen LogP contribution in [0.4, 0.5) is 0 Å². The van der Waals surface area contributed by atoms with Crippen molar-refractivity contribution in [2.75, 3.05) is 0 Å². The normalized spacial score (nSPS) is 23.8. The molecule has 2 unspecified atom stereocenters. The van der Waals surface area contributed by atoms with Crippen molar-refractivity contribution in [1.29, 1.82) is 0 Å². The van der Waals surface area contributed by atoms with E-state index in [-0.39, 0.29) is 6.10 Å². The van der Waals surface area contributed by atoms with Gasteiger partial charge in [0, 0.05) is 0 Å². The molecular weight excluding hydrogens is 184 g/mol. The van der Waals surface area contributed by atoms with Crippen molar-refractivity contribution < 1.29 is 5.11 Å². The van der Waals surface area contributed by atoms with E-state index in [1.165, 1.54) is 18.4 Å². The molecule has 0 radical (unpaired) electrons. The van der Waals surface area contributed by atoms with Gasteiger partial charge in [0.15, 0.2) is 0 Å². The van der Waals surface area contributed by atoms with E-state index in [4.69, 9.17) is 0 Å². The van der Waals surface area contributed by atoms with Crippen LogP contribution >= 0.6 is 0 Å². The van der Waals surface area contributed by atoms with Gasteiger partial charge in [-0.2, -0.15) is 0 Å². The van der Waals surface area contributed by atoms with E-state index < -0.39 is 0 Å². The molecule has 0 amide bonds. The van der Waals surface area contributed by atoms with Crippen LogP contribution in [0.3, 0.4) is 0 Å². The Hall–Kier alpha value is -0.560. The first-order valence-corrected chi connectivity index (χ1v) is 5.98. The van der Waals surface area contributed by atoms with Crippen LogP contribution in [-0.4, -0.2) is 11.2 Å². The summed E-state index contributed by atoms with van der Waals surface area (Å²) in [6, 6.07) is 0. The zero-order valence-corrected chi connectivity index (χ0v) is 10.5. The molecule has 1 rings (SSSR count). The zero-order chi connectivity index (χ0) is 11.5. The maximum Gasteiger partial charge on any atom is 0.0758 e. The minimum Gasteiger partial charge on any atom is -0.389 e. The average Bonchev–Trinajstić information content (AvgIpc) is 2.14. The summed E-state index contributed by atoms with van der Waals surface area (Å²) in [4.78, 5) is 0. The predicted octanol–water partition coefficient (Wildman–Crippen LogP) is 3.70. The Balaban J connectivity index is 2.64. The summed E-state index contributed by atoms with van der Waals surface area (Å²) in [5.41, 5.74) is 1.79. The lowest BCUT2D eigenvalue weighted by Crippen LogP contribution is -2.16. The first kappa shape index (κ1) is 12.5. The highest BCUT2D eigenvalue weighted by atomic mass is 16.3. The Morgan fingerprint density at radius 2 is 2.13 bits per heavy atom. The maximum atomic E-state index is 9.38. The fraction of sp³-hybridized carbons (Fsp3) is 0.714. The van der Waals surface area contributed by atoms with E-state index >= 15 is 0 Å². The Morgan fingerprint density at radius 1 is 1.47 bits per heavy atom. The van der Waals surface area contributed by atoms with E-state index in [9.17, 15) is 5.11 Å². The molecule has 1 heteroatoms. The molecule has 0 aromatic rings. The monoisotopic (exact) mass is 208 g/mol. The van der Waals surface area contributed by atoms with Gasteiger partial charge in [-0.05, 0) is 36.2 Å². The molecule has 15 heavy (non-hydrogen) atoms. The average molecular weight is 208 g/mol. The third-order valence-corrected chi connectivity index (χ3v) is 2.93. The molecule has 0 saturated heterocycles. The fourth-order valence-corrected chi connectivity index (χ4v) is 2.17. The van der Waals surface area contributed by atoms with Crippen molar-refractivity contribution in [2.24, 2.45) is 11.3 Å². The minimum atomic E-state index is -0.263. The fourth-order valence-electron chi connectivity index (χ4n) is 2.17. The molecule has 0 bridgehead atoms. The molecule has 1 N–H and O–H groups in total. The van der Waals surface area contributed by atoms with Gasteiger partial charge in [0.05, 0.1) is 6.10 Å². The zero-order valence-electron chi connectivity index (χ0n) is 10.5. The smallest absolute Gasteiger partial charge is 0.0758 e. The summed E-state index contributed by atoms with van der Waals surface area (Å²) in [6.07, 6.45) is 9.14. The molecule has 0 aromatic carbocycles. The third-order valence-electron chi connectivity index (χ3n) is 2.93. The van der Waals surface area contributed by atoms with Gasteiger partial charge in [-0.1, -0.05) is 45.9 Å². The molecule has 86 valence electrons. The van der Waals surface area contributed by atoms with Gasteiger partial charge in [-0.25, -0.2) is 0 Å². The Labute approximate surface area is 93.9 Å². The summed E-state index contributed by atoms with van der Waals surface area (Å²) in [7, 11) is 0. The van der Waals surface area contributed by atoms with Gasteiger partial charge in [0.25, 0.3) is 0 Å². The van der Waals surface area contributed by atoms with Crippen molar-refractivity contribution >= 4 is 0 Å². The van der Waals surface area contributed by atoms with Crippen LogP contribution in [-0.2, 0) is 0 Å². The first-order chi connectivity index (χ1) is 6.92. The summed E-state index contributed by atoms with van der Waals surface area (Å²) in [5, 5.41) is 9.38. The number of aliphatic hydroxyl groups excluding tert-OH is 1. The van der Waals surface area contributed by atoms with Gasteiger partial charge in [-0.3, -0.25) is 0 Å². The van der Waals surface area contributed by atoms with Crippen LogP contribution in [0.1, 0.15) is 47.0 Å². The largest absolute Gasteiger partial charge is 0.389 e. The van der Waals surface area contributed by atoms with Gasteiger partial charge >= 0.3 is 0 Å².